The highest BCUT2D eigenvalue weighted by Crippen LogP contribution is 2.24. The molecule has 6 nitrogen and oxygen atoms in total. The molecule has 0 aliphatic heterocycles. The predicted molar refractivity (Wildman–Crippen MR) is 108 cm³/mol. The molecule has 1 heterocycles. The summed E-state index contributed by atoms with van der Waals surface area (Å²) in [6.07, 6.45) is 0.591. The highest BCUT2D eigenvalue weighted by Gasteiger charge is 2.20. The summed E-state index contributed by atoms with van der Waals surface area (Å²) in [5.74, 6) is -0.267. The van der Waals surface area contributed by atoms with E-state index in [9.17, 15) is 9.59 Å². The molecule has 3 rings (SSSR count). The van der Waals surface area contributed by atoms with Crippen LogP contribution in [0.15, 0.2) is 48.5 Å². The van der Waals surface area contributed by atoms with Crippen molar-refractivity contribution in [1.29, 1.82) is 0 Å². The summed E-state index contributed by atoms with van der Waals surface area (Å²) >= 11 is 0. The topological polar surface area (TPSA) is 77.5 Å². The minimum atomic E-state index is -0.544. The summed E-state index contributed by atoms with van der Waals surface area (Å²) < 4.78 is 10.3. The molecule has 1 N–H and O–H groups in total. The first kappa shape index (κ1) is 19.4. The maximum absolute atomic E-state index is 12.7. The van der Waals surface area contributed by atoms with Gasteiger partial charge < -0.3 is 14.8 Å². The highest BCUT2D eigenvalue weighted by atomic mass is 16.5. The van der Waals surface area contributed by atoms with E-state index in [1.165, 1.54) is 0 Å². The van der Waals surface area contributed by atoms with E-state index < -0.39 is 11.9 Å². The number of nitrogens with zero attached hydrogens (tertiary/aromatic N) is 1. The number of esters is 1. The van der Waals surface area contributed by atoms with Crippen LogP contribution in [0.4, 0.5) is 5.69 Å². The van der Waals surface area contributed by atoms with Gasteiger partial charge in [-0.15, -0.1) is 0 Å². The minimum absolute atomic E-state index is 0.375. The normalized spacial score (nSPS) is 10.5. The molecule has 0 bridgehead atoms. The summed E-state index contributed by atoms with van der Waals surface area (Å²) in [5, 5.41) is 3.58. The van der Waals surface area contributed by atoms with Crippen molar-refractivity contribution >= 4 is 28.5 Å². The van der Waals surface area contributed by atoms with E-state index in [-0.39, 0.29) is 6.61 Å². The van der Waals surface area contributed by atoms with Gasteiger partial charge in [-0.3, -0.25) is 9.78 Å². The van der Waals surface area contributed by atoms with Crippen molar-refractivity contribution in [2.75, 3.05) is 19.0 Å². The first-order valence-corrected chi connectivity index (χ1v) is 9.02. The van der Waals surface area contributed by atoms with Gasteiger partial charge in [0.15, 0.2) is 6.61 Å². The maximum Gasteiger partial charge on any atom is 0.340 e. The molecule has 3 aromatic rings. The van der Waals surface area contributed by atoms with E-state index in [0.29, 0.717) is 29.1 Å². The van der Waals surface area contributed by atoms with Crippen molar-refractivity contribution in [3.8, 4) is 5.75 Å². The molecule has 0 unspecified atom stereocenters. The van der Waals surface area contributed by atoms with E-state index >= 15 is 0 Å². The van der Waals surface area contributed by atoms with Crippen LogP contribution in [0.2, 0.25) is 0 Å². The zero-order valence-electron chi connectivity index (χ0n) is 16.1. The Labute approximate surface area is 163 Å². The Hall–Kier alpha value is -3.41. The third kappa shape index (κ3) is 4.11. The smallest absolute Gasteiger partial charge is 0.340 e. The second-order valence-electron chi connectivity index (χ2n) is 6.28. The van der Waals surface area contributed by atoms with Gasteiger partial charge >= 0.3 is 5.97 Å². The Bertz CT molecular complexity index is 1010. The largest absolute Gasteiger partial charge is 0.497 e. The molecule has 144 valence electrons. The number of hydrogen-bond acceptors (Lipinski definition) is 5. The molecule has 0 fully saturated rings. The van der Waals surface area contributed by atoms with Crippen LogP contribution in [0, 0.1) is 6.92 Å². The zero-order chi connectivity index (χ0) is 20.1. The van der Waals surface area contributed by atoms with Crippen LogP contribution in [0.3, 0.4) is 0 Å². The van der Waals surface area contributed by atoms with Gasteiger partial charge in [-0.1, -0.05) is 25.1 Å². The number of carbonyl (C=O) groups is 2. The molecular weight excluding hydrogens is 356 g/mol. The van der Waals surface area contributed by atoms with Gasteiger partial charge in [0.1, 0.15) is 5.75 Å². The number of methoxy groups -OCH3 is 1. The predicted octanol–water partition coefficient (Wildman–Crippen LogP) is 3.91. The van der Waals surface area contributed by atoms with Crippen LogP contribution in [-0.2, 0) is 16.0 Å². The number of carbonyl (C=O) groups excluding carboxylic acids is 2. The maximum atomic E-state index is 12.7. The average molecular weight is 378 g/mol. The molecule has 0 radical (unpaired) electrons. The number of fused-ring (bicyclic) bond motifs is 1. The fraction of sp³-hybridized carbons (Fsp3) is 0.227. The molecule has 0 atom stereocenters. The third-order valence-corrected chi connectivity index (χ3v) is 4.47. The van der Waals surface area contributed by atoms with E-state index in [1.54, 1.807) is 31.4 Å². The molecule has 28 heavy (non-hydrogen) atoms. The van der Waals surface area contributed by atoms with Crippen LogP contribution in [0.5, 0.6) is 5.75 Å². The van der Waals surface area contributed by atoms with E-state index in [4.69, 9.17) is 9.47 Å². The van der Waals surface area contributed by atoms with Crippen molar-refractivity contribution in [3.05, 3.63) is 65.4 Å². The molecule has 0 aliphatic carbocycles. The van der Waals surface area contributed by atoms with Gasteiger partial charge in [0.05, 0.1) is 23.9 Å². The lowest BCUT2D eigenvalue weighted by Gasteiger charge is -2.13. The number of aryl methyl sites for hydroxylation is 2. The number of rotatable bonds is 6. The molecule has 1 amide bonds. The summed E-state index contributed by atoms with van der Waals surface area (Å²) in [7, 11) is 1.57. The summed E-state index contributed by atoms with van der Waals surface area (Å²) in [4.78, 5) is 29.4. The second-order valence-corrected chi connectivity index (χ2v) is 6.28. The number of aromatic nitrogens is 1. The fourth-order valence-electron chi connectivity index (χ4n) is 3.04. The Morgan fingerprint density at radius 2 is 1.79 bits per heavy atom. The second kappa shape index (κ2) is 8.52. The highest BCUT2D eigenvalue weighted by molar-refractivity contribution is 6.00. The monoisotopic (exact) mass is 378 g/mol. The Morgan fingerprint density at radius 3 is 2.46 bits per heavy atom. The minimum Gasteiger partial charge on any atom is -0.497 e. The van der Waals surface area contributed by atoms with Crippen molar-refractivity contribution < 1.29 is 19.1 Å². The molecule has 0 aliphatic rings. The fourth-order valence-corrected chi connectivity index (χ4v) is 3.04. The average Bonchev–Trinajstić information content (AvgIpc) is 2.72. The van der Waals surface area contributed by atoms with Crippen LogP contribution in [-0.4, -0.2) is 30.6 Å². The van der Waals surface area contributed by atoms with Crippen molar-refractivity contribution in [3.63, 3.8) is 0 Å². The number of benzene rings is 2. The standard InChI is InChI=1S/C22H22N2O4/c1-4-18-21(14(2)17-7-5-6-8-19(17)24-18)22(26)28-13-20(25)23-15-9-11-16(27-3)12-10-15/h5-12H,4,13H2,1-3H3,(H,23,25). The van der Waals surface area contributed by atoms with Gasteiger partial charge in [-0.05, 0) is 49.2 Å². The van der Waals surface area contributed by atoms with Crippen molar-refractivity contribution in [2.45, 2.75) is 20.3 Å². The van der Waals surface area contributed by atoms with Crippen LogP contribution in [0.1, 0.15) is 28.5 Å². The molecule has 0 saturated carbocycles. The Morgan fingerprint density at radius 1 is 1.07 bits per heavy atom. The third-order valence-electron chi connectivity index (χ3n) is 4.47. The molecule has 2 aromatic carbocycles. The molecule has 6 heteroatoms. The number of amides is 1. The first-order chi connectivity index (χ1) is 13.5. The van der Waals surface area contributed by atoms with E-state index in [1.807, 2.05) is 38.1 Å². The zero-order valence-corrected chi connectivity index (χ0v) is 16.1. The van der Waals surface area contributed by atoms with Gasteiger partial charge in [0.25, 0.3) is 5.91 Å². The Balaban J connectivity index is 1.72. The van der Waals surface area contributed by atoms with Crippen molar-refractivity contribution in [1.82, 2.24) is 4.98 Å². The lowest BCUT2D eigenvalue weighted by Crippen LogP contribution is -2.22. The lowest BCUT2D eigenvalue weighted by atomic mass is 10.0. The SMILES string of the molecule is CCc1nc2ccccc2c(C)c1C(=O)OCC(=O)Nc1ccc(OC)cc1. The number of para-hydroxylation sites is 1. The van der Waals surface area contributed by atoms with Crippen molar-refractivity contribution in [2.24, 2.45) is 0 Å². The lowest BCUT2D eigenvalue weighted by molar-refractivity contribution is -0.119. The summed E-state index contributed by atoms with van der Waals surface area (Å²) in [5.41, 5.74) is 3.34. The molecular formula is C22H22N2O4. The first-order valence-electron chi connectivity index (χ1n) is 9.02. The number of hydrogen-bond donors (Lipinski definition) is 1. The van der Waals surface area contributed by atoms with Gasteiger partial charge in [0, 0.05) is 11.1 Å². The quantitative estimate of drug-likeness (QED) is 0.658. The summed E-state index contributed by atoms with van der Waals surface area (Å²) in [6.45, 7) is 3.43. The van der Waals surface area contributed by atoms with Gasteiger partial charge in [-0.2, -0.15) is 0 Å². The number of nitrogens with one attached hydrogen (secondary N) is 1. The van der Waals surface area contributed by atoms with E-state index in [2.05, 4.69) is 10.3 Å². The molecule has 1 aromatic heterocycles. The van der Waals surface area contributed by atoms with Crippen LogP contribution >= 0.6 is 0 Å². The van der Waals surface area contributed by atoms with Crippen LogP contribution < -0.4 is 10.1 Å². The van der Waals surface area contributed by atoms with Gasteiger partial charge in [-0.25, -0.2) is 4.79 Å². The molecule has 0 spiro atoms. The Kier molecular flexibility index (Phi) is 5.89. The number of anilines is 1. The number of ether oxygens (including phenoxy) is 2. The summed E-state index contributed by atoms with van der Waals surface area (Å²) in [6, 6.07) is 14.5. The van der Waals surface area contributed by atoms with Crippen LogP contribution in [0.25, 0.3) is 10.9 Å². The van der Waals surface area contributed by atoms with E-state index in [0.717, 1.165) is 16.5 Å². The van der Waals surface area contributed by atoms with Gasteiger partial charge in [0.2, 0.25) is 0 Å². The molecule has 0 saturated heterocycles. The number of pyridine rings is 1.